The van der Waals surface area contributed by atoms with Crippen LogP contribution in [-0.4, -0.2) is 21.2 Å². The van der Waals surface area contributed by atoms with Crippen molar-refractivity contribution in [1.29, 1.82) is 0 Å². The highest BCUT2D eigenvalue weighted by molar-refractivity contribution is 5.81. The number of nitrogens with one attached hydrogen (secondary N) is 1. The lowest BCUT2D eigenvalue weighted by Crippen LogP contribution is -2.40. The summed E-state index contributed by atoms with van der Waals surface area (Å²) in [4.78, 5) is 22.1. The normalized spacial score (nSPS) is 11.1. The highest BCUT2D eigenvalue weighted by Gasteiger charge is 2.26. The number of carboxylic acid groups (broad SMARTS) is 1. The van der Waals surface area contributed by atoms with Gasteiger partial charge in [0.2, 0.25) is 0 Å². The van der Waals surface area contributed by atoms with Crippen molar-refractivity contribution in [2.45, 2.75) is 19.4 Å². The van der Waals surface area contributed by atoms with Crippen LogP contribution in [-0.2, 0) is 11.8 Å². The molecule has 0 saturated heterocycles. The highest BCUT2D eigenvalue weighted by atomic mass is 16.4. The SMILES string of the molecule is Cn1ccc(NC(C)(C)C(=O)O)cc1=O. The molecule has 1 heterocycles. The molecular weight excluding hydrogens is 196 g/mol. The van der Waals surface area contributed by atoms with E-state index in [1.165, 1.54) is 24.5 Å². The lowest BCUT2D eigenvalue weighted by Gasteiger charge is -2.22. The lowest BCUT2D eigenvalue weighted by atomic mass is 10.1. The molecule has 0 amide bonds. The van der Waals surface area contributed by atoms with Crippen molar-refractivity contribution in [2.75, 3.05) is 5.32 Å². The van der Waals surface area contributed by atoms with Gasteiger partial charge in [0.15, 0.2) is 0 Å². The average Bonchev–Trinajstić information content (AvgIpc) is 2.10. The Balaban J connectivity index is 2.96. The third-order valence-corrected chi connectivity index (χ3v) is 2.10. The first-order valence-electron chi connectivity index (χ1n) is 4.51. The highest BCUT2D eigenvalue weighted by Crippen LogP contribution is 2.12. The topological polar surface area (TPSA) is 71.3 Å². The van der Waals surface area contributed by atoms with E-state index in [9.17, 15) is 9.59 Å². The maximum atomic E-state index is 11.3. The number of aromatic nitrogens is 1. The molecule has 0 radical (unpaired) electrons. The summed E-state index contributed by atoms with van der Waals surface area (Å²) >= 11 is 0. The Morgan fingerprint density at radius 1 is 1.53 bits per heavy atom. The molecule has 0 spiro atoms. The van der Waals surface area contributed by atoms with E-state index < -0.39 is 11.5 Å². The van der Waals surface area contributed by atoms with Crippen LogP contribution in [0.4, 0.5) is 5.69 Å². The van der Waals surface area contributed by atoms with Crippen molar-refractivity contribution in [2.24, 2.45) is 7.05 Å². The second kappa shape index (κ2) is 3.76. The molecule has 82 valence electrons. The summed E-state index contributed by atoms with van der Waals surface area (Å²) in [6, 6.07) is 3.02. The molecule has 0 bridgehead atoms. The van der Waals surface area contributed by atoms with Gasteiger partial charge in [0, 0.05) is 25.0 Å². The number of hydrogen-bond acceptors (Lipinski definition) is 3. The number of hydrogen-bond donors (Lipinski definition) is 2. The molecule has 0 aromatic carbocycles. The van der Waals surface area contributed by atoms with E-state index in [0.717, 1.165) is 0 Å². The fourth-order valence-electron chi connectivity index (χ4n) is 1.04. The number of rotatable bonds is 3. The Labute approximate surface area is 87.4 Å². The standard InChI is InChI=1S/C10H14N2O3/c1-10(2,9(14)15)11-7-4-5-12(3)8(13)6-7/h4-6,11H,1-3H3,(H,14,15). The molecule has 0 unspecified atom stereocenters. The number of anilines is 1. The zero-order valence-corrected chi connectivity index (χ0v) is 8.94. The van der Waals surface area contributed by atoms with E-state index in [1.807, 2.05) is 0 Å². The van der Waals surface area contributed by atoms with Crippen LogP contribution < -0.4 is 10.9 Å². The van der Waals surface area contributed by atoms with Crippen LogP contribution in [0.3, 0.4) is 0 Å². The van der Waals surface area contributed by atoms with E-state index in [1.54, 1.807) is 19.3 Å². The summed E-state index contributed by atoms with van der Waals surface area (Å²) in [5, 5.41) is 11.7. The molecule has 2 N–H and O–H groups in total. The van der Waals surface area contributed by atoms with Gasteiger partial charge in [0.25, 0.3) is 5.56 Å². The third kappa shape index (κ3) is 2.59. The molecule has 0 aliphatic carbocycles. The minimum absolute atomic E-state index is 0.179. The number of pyridine rings is 1. The van der Waals surface area contributed by atoms with Gasteiger partial charge in [-0.25, -0.2) is 4.79 Å². The van der Waals surface area contributed by atoms with Crippen molar-refractivity contribution < 1.29 is 9.90 Å². The molecule has 1 aromatic heterocycles. The summed E-state index contributed by atoms with van der Waals surface area (Å²) in [6.07, 6.45) is 1.59. The second-order valence-corrected chi connectivity index (χ2v) is 3.92. The maximum Gasteiger partial charge on any atom is 0.328 e. The largest absolute Gasteiger partial charge is 0.480 e. The summed E-state index contributed by atoms with van der Waals surface area (Å²) in [7, 11) is 1.63. The van der Waals surface area contributed by atoms with Gasteiger partial charge in [-0.15, -0.1) is 0 Å². The van der Waals surface area contributed by atoms with Crippen molar-refractivity contribution in [3.05, 3.63) is 28.7 Å². The summed E-state index contributed by atoms with van der Waals surface area (Å²) in [5.74, 6) is -0.969. The molecule has 0 saturated carbocycles. The summed E-state index contributed by atoms with van der Waals surface area (Å²) in [5.41, 5.74) is -0.765. The van der Waals surface area contributed by atoms with Gasteiger partial charge in [-0.1, -0.05) is 0 Å². The van der Waals surface area contributed by atoms with E-state index >= 15 is 0 Å². The zero-order chi connectivity index (χ0) is 11.6. The van der Waals surface area contributed by atoms with Gasteiger partial charge >= 0.3 is 5.97 Å². The van der Waals surface area contributed by atoms with Crippen molar-refractivity contribution in [3.63, 3.8) is 0 Å². The monoisotopic (exact) mass is 210 g/mol. The van der Waals surface area contributed by atoms with Crippen LogP contribution in [0.2, 0.25) is 0 Å². The van der Waals surface area contributed by atoms with Gasteiger partial charge in [0.05, 0.1) is 0 Å². The molecule has 1 aromatic rings. The third-order valence-electron chi connectivity index (χ3n) is 2.10. The van der Waals surface area contributed by atoms with Gasteiger partial charge in [-0.2, -0.15) is 0 Å². The quantitative estimate of drug-likeness (QED) is 0.768. The first-order valence-corrected chi connectivity index (χ1v) is 4.51. The molecule has 0 fully saturated rings. The van der Waals surface area contributed by atoms with Crippen LogP contribution >= 0.6 is 0 Å². The number of aryl methyl sites for hydroxylation is 1. The Bertz CT molecular complexity index is 435. The van der Waals surface area contributed by atoms with Crippen LogP contribution in [0.15, 0.2) is 23.1 Å². The number of aliphatic carboxylic acids is 1. The van der Waals surface area contributed by atoms with Crippen molar-refractivity contribution >= 4 is 11.7 Å². The molecular formula is C10H14N2O3. The predicted molar refractivity (Wildman–Crippen MR) is 57.0 cm³/mol. The molecule has 0 atom stereocenters. The summed E-state index contributed by atoms with van der Waals surface area (Å²) < 4.78 is 1.42. The van der Waals surface area contributed by atoms with Gasteiger partial charge < -0.3 is 15.0 Å². The Hall–Kier alpha value is -1.78. The first kappa shape index (κ1) is 11.3. The predicted octanol–water partition coefficient (Wildman–Crippen LogP) is 0.660. The fourth-order valence-corrected chi connectivity index (χ4v) is 1.04. The molecule has 0 aliphatic heterocycles. The average molecular weight is 210 g/mol. The van der Waals surface area contributed by atoms with Crippen LogP contribution in [0.5, 0.6) is 0 Å². The maximum absolute atomic E-state index is 11.3. The van der Waals surface area contributed by atoms with E-state index in [2.05, 4.69) is 5.32 Å². The molecule has 1 rings (SSSR count). The van der Waals surface area contributed by atoms with Crippen LogP contribution in [0.25, 0.3) is 0 Å². The first-order chi connectivity index (χ1) is 6.83. The fraction of sp³-hybridized carbons (Fsp3) is 0.400. The van der Waals surface area contributed by atoms with Gasteiger partial charge in [-0.05, 0) is 19.9 Å². The van der Waals surface area contributed by atoms with Gasteiger partial charge in [-0.3, -0.25) is 4.79 Å². The summed E-state index contributed by atoms with van der Waals surface area (Å²) in [6.45, 7) is 3.07. The minimum atomic E-state index is -1.09. The Morgan fingerprint density at radius 3 is 2.60 bits per heavy atom. The molecule has 5 nitrogen and oxygen atoms in total. The van der Waals surface area contributed by atoms with Gasteiger partial charge in [0.1, 0.15) is 5.54 Å². The smallest absolute Gasteiger partial charge is 0.328 e. The molecule has 0 aliphatic rings. The zero-order valence-electron chi connectivity index (χ0n) is 8.94. The molecule has 15 heavy (non-hydrogen) atoms. The lowest BCUT2D eigenvalue weighted by molar-refractivity contribution is -0.141. The van der Waals surface area contributed by atoms with Crippen molar-refractivity contribution in [3.8, 4) is 0 Å². The van der Waals surface area contributed by atoms with Crippen LogP contribution in [0, 0.1) is 0 Å². The van der Waals surface area contributed by atoms with E-state index in [-0.39, 0.29) is 5.56 Å². The Morgan fingerprint density at radius 2 is 2.13 bits per heavy atom. The number of nitrogens with zero attached hydrogens (tertiary/aromatic N) is 1. The number of carboxylic acids is 1. The number of carbonyl (C=O) groups is 1. The Kier molecular flexibility index (Phi) is 2.83. The van der Waals surface area contributed by atoms with E-state index in [0.29, 0.717) is 5.69 Å². The molecule has 5 heteroatoms. The van der Waals surface area contributed by atoms with E-state index in [4.69, 9.17) is 5.11 Å². The van der Waals surface area contributed by atoms with Crippen LogP contribution in [0.1, 0.15) is 13.8 Å². The minimum Gasteiger partial charge on any atom is -0.480 e. The second-order valence-electron chi connectivity index (χ2n) is 3.92. The van der Waals surface area contributed by atoms with Crippen molar-refractivity contribution in [1.82, 2.24) is 4.57 Å².